The van der Waals surface area contributed by atoms with E-state index in [9.17, 15) is 29.2 Å². The molecule has 0 saturated heterocycles. The SMILES string of the molecule is NCc1cccc(B(O)O)c1.O=C(CCc1cccc(B(O)O)c1)c1cccn(Cc2cccnc2)c1=O.O=C(O)c1cccn(Cc2cccnc2)c1=O. The quantitative estimate of drug-likeness (QED) is 0.0748. The van der Waals surface area contributed by atoms with Crippen LogP contribution in [-0.2, 0) is 26.1 Å². The lowest BCUT2D eigenvalue weighted by Gasteiger charge is -2.08. The van der Waals surface area contributed by atoms with Crippen LogP contribution in [0.25, 0.3) is 0 Å². The molecule has 6 aromatic rings. The number of pyridine rings is 4. The van der Waals surface area contributed by atoms with Crippen molar-refractivity contribution >= 4 is 36.9 Å². The second-order valence-electron chi connectivity index (χ2n) is 12.1. The van der Waals surface area contributed by atoms with Gasteiger partial charge in [-0.05, 0) is 76.0 Å². The van der Waals surface area contributed by atoms with Crippen molar-refractivity contribution in [2.24, 2.45) is 5.73 Å². The molecular weight excluding hydrogens is 704 g/mol. The van der Waals surface area contributed by atoms with Crippen LogP contribution >= 0.6 is 0 Å². The van der Waals surface area contributed by atoms with Crippen molar-refractivity contribution in [1.29, 1.82) is 0 Å². The fourth-order valence-corrected chi connectivity index (χ4v) is 5.26. The Morgan fingerprint density at radius 1 is 0.618 bits per heavy atom. The van der Waals surface area contributed by atoms with Crippen LogP contribution in [0.1, 0.15) is 49.4 Å². The summed E-state index contributed by atoms with van der Waals surface area (Å²) in [7, 11) is -2.95. The number of hydrogen-bond donors (Lipinski definition) is 6. The Kier molecular flexibility index (Phi) is 15.7. The Morgan fingerprint density at radius 2 is 1.09 bits per heavy atom. The largest absolute Gasteiger partial charge is 0.488 e. The Labute approximate surface area is 316 Å². The molecule has 6 rings (SSSR count). The minimum Gasteiger partial charge on any atom is -0.477 e. The summed E-state index contributed by atoms with van der Waals surface area (Å²) >= 11 is 0. The van der Waals surface area contributed by atoms with Gasteiger partial charge in [-0.25, -0.2) is 4.79 Å². The predicted molar refractivity (Wildman–Crippen MR) is 208 cm³/mol. The smallest absolute Gasteiger partial charge is 0.477 e. The third kappa shape index (κ3) is 12.7. The molecule has 7 N–H and O–H groups in total. The topological polar surface area (TPSA) is 231 Å². The number of hydrogen-bond acceptors (Lipinski definition) is 11. The minimum atomic E-state index is -1.55. The van der Waals surface area contributed by atoms with E-state index in [0.717, 1.165) is 22.3 Å². The Balaban J connectivity index is 0.000000204. The summed E-state index contributed by atoms with van der Waals surface area (Å²) in [4.78, 5) is 55.7. The van der Waals surface area contributed by atoms with E-state index in [2.05, 4.69) is 9.97 Å². The lowest BCUT2D eigenvalue weighted by Crippen LogP contribution is -2.30. The van der Waals surface area contributed by atoms with Crippen LogP contribution in [0.3, 0.4) is 0 Å². The summed E-state index contributed by atoms with van der Waals surface area (Å²) in [6.07, 6.45) is 10.4. The maximum Gasteiger partial charge on any atom is 0.488 e. The molecule has 55 heavy (non-hydrogen) atoms. The van der Waals surface area contributed by atoms with E-state index in [1.54, 1.807) is 97.8 Å². The first-order valence-corrected chi connectivity index (χ1v) is 17.0. The van der Waals surface area contributed by atoms with Gasteiger partial charge in [0.05, 0.1) is 18.7 Å². The monoisotopic (exact) mass is 743 g/mol. The lowest BCUT2D eigenvalue weighted by molar-refractivity contribution is 0.0694. The summed E-state index contributed by atoms with van der Waals surface area (Å²) in [6, 6.07) is 27.0. The van der Waals surface area contributed by atoms with E-state index in [0.29, 0.717) is 37.0 Å². The number of aromatic carboxylic acids is 1. The van der Waals surface area contributed by atoms with Gasteiger partial charge in [0.25, 0.3) is 11.1 Å². The van der Waals surface area contributed by atoms with Crippen LogP contribution in [0.2, 0.25) is 0 Å². The summed E-state index contributed by atoms with van der Waals surface area (Å²) in [5.74, 6) is -1.45. The molecule has 0 spiro atoms. The third-order valence-electron chi connectivity index (χ3n) is 8.10. The van der Waals surface area contributed by atoms with Crippen LogP contribution in [0, 0.1) is 0 Å². The molecular formula is C39H39B2N5O9. The van der Waals surface area contributed by atoms with Crippen molar-refractivity contribution in [1.82, 2.24) is 19.1 Å². The van der Waals surface area contributed by atoms with Crippen molar-refractivity contribution in [3.8, 4) is 0 Å². The number of rotatable bonds is 12. The number of aryl methyl sites for hydroxylation is 1. The number of nitrogens with zero attached hydrogens (tertiary/aromatic N) is 4. The standard InChI is InChI=1S/C20H19BN2O4.C12H10N2O3.C7H10BNO2/c24-19(9-8-15-4-1-6-17(12-15)21(26)27)18-7-3-11-23(20(18)25)14-16-5-2-10-22-13-16;15-11-10(12(16)17)4-2-6-14(11)8-9-3-1-5-13-7-9;9-5-6-2-1-3-7(4-6)8(10)11/h1-7,10-13,26-27H,8-9,14H2;1-7H,8H2,(H,16,17);1-4,10-11H,5,9H2. The molecule has 0 radical (unpaired) electrons. The minimum absolute atomic E-state index is 0.153. The average Bonchev–Trinajstić information content (AvgIpc) is 3.20. The number of carboxylic acids is 1. The van der Waals surface area contributed by atoms with Crippen molar-refractivity contribution in [3.05, 3.63) is 188 Å². The fraction of sp³-hybridized carbons (Fsp3) is 0.128. The first kappa shape index (κ1) is 41.5. The number of carboxylic acid groups (broad SMARTS) is 1. The number of nitrogens with two attached hydrogens (primary N) is 1. The van der Waals surface area contributed by atoms with Gasteiger partial charge in [-0.3, -0.25) is 24.4 Å². The number of carbonyl (C=O) groups is 2. The van der Waals surface area contributed by atoms with E-state index in [1.807, 2.05) is 24.3 Å². The number of carbonyl (C=O) groups excluding carboxylic acids is 1. The van der Waals surface area contributed by atoms with E-state index in [1.165, 1.54) is 21.3 Å². The zero-order chi connectivity index (χ0) is 39.7. The number of aromatic nitrogens is 4. The van der Waals surface area contributed by atoms with Gasteiger partial charge in [0, 0.05) is 50.1 Å². The van der Waals surface area contributed by atoms with Gasteiger partial charge in [0.1, 0.15) is 5.56 Å². The molecule has 4 heterocycles. The number of benzene rings is 2. The van der Waals surface area contributed by atoms with Crippen LogP contribution in [-0.4, -0.2) is 70.3 Å². The second kappa shape index (κ2) is 20.8. The van der Waals surface area contributed by atoms with Gasteiger partial charge < -0.3 is 40.1 Å². The first-order chi connectivity index (χ1) is 26.5. The zero-order valence-electron chi connectivity index (χ0n) is 29.6. The highest BCUT2D eigenvalue weighted by atomic mass is 16.4. The summed E-state index contributed by atoms with van der Waals surface area (Å²) in [5, 5.41) is 44.8. The molecule has 0 fully saturated rings. The van der Waals surface area contributed by atoms with Crippen molar-refractivity contribution in [2.75, 3.05) is 0 Å². The maximum atomic E-state index is 12.6. The zero-order valence-corrected chi connectivity index (χ0v) is 29.6. The summed E-state index contributed by atoms with van der Waals surface area (Å²) < 4.78 is 2.84. The molecule has 0 amide bonds. The predicted octanol–water partition coefficient (Wildman–Crippen LogP) is 0.602. The molecule has 4 aromatic heterocycles. The molecule has 0 unspecified atom stereocenters. The molecule has 280 valence electrons. The van der Waals surface area contributed by atoms with Gasteiger partial charge in [-0.15, -0.1) is 0 Å². The van der Waals surface area contributed by atoms with Crippen LogP contribution in [0.15, 0.2) is 144 Å². The molecule has 2 aromatic carbocycles. The highest BCUT2D eigenvalue weighted by Gasteiger charge is 2.15. The highest BCUT2D eigenvalue weighted by Crippen LogP contribution is 2.07. The van der Waals surface area contributed by atoms with Gasteiger partial charge in [-0.2, -0.15) is 0 Å². The van der Waals surface area contributed by atoms with E-state index in [-0.39, 0.29) is 28.9 Å². The molecule has 0 aliphatic carbocycles. The fourth-order valence-electron chi connectivity index (χ4n) is 5.26. The van der Waals surface area contributed by atoms with Gasteiger partial charge in [-0.1, -0.05) is 60.7 Å². The molecule has 0 saturated carbocycles. The van der Waals surface area contributed by atoms with Crippen molar-refractivity contribution in [2.45, 2.75) is 32.5 Å². The van der Waals surface area contributed by atoms with Crippen molar-refractivity contribution < 1.29 is 34.8 Å². The molecule has 0 bridgehead atoms. The molecule has 14 nitrogen and oxygen atoms in total. The lowest BCUT2D eigenvalue weighted by atomic mass is 9.79. The van der Waals surface area contributed by atoms with Gasteiger partial charge in [0.15, 0.2) is 5.78 Å². The average molecular weight is 743 g/mol. The third-order valence-corrected chi connectivity index (χ3v) is 8.10. The van der Waals surface area contributed by atoms with Crippen molar-refractivity contribution in [3.63, 3.8) is 0 Å². The second-order valence-corrected chi connectivity index (χ2v) is 12.1. The van der Waals surface area contributed by atoms with E-state index in [4.69, 9.17) is 20.9 Å². The first-order valence-electron chi connectivity index (χ1n) is 17.0. The summed E-state index contributed by atoms with van der Waals surface area (Å²) in [5.41, 5.74) is 8.73. The molecule has 0 atom stereocenters. The van der Waals surface area contributed by atoms with Crippen LogP contribution in [0.4, 0.5) is 0 Å². The molecule has 0 aliphatic heterocycles. The highest BCUT2D eigenvalue weighted by molar-refractivity contribution is 6.59. The van der Waals surface area contributed by atoms with Gasteiger partial charge in [0.2, 0.25) is 0 Å². The number of Topliss-reactive ketones (excluding diaryl/α,β-unsaturated/α-hetero) is 1. The Bertz CT molecular complexity index is 2290. The van der Waals surface area contributed by atoms with Crippen LogP contribution < -0.4 is 27.8 Å². The number of ketones is 1. The normalized spacial score (nSPS) is 10.3. The Morgan fingerprint density at radius 3 is 1.56 bits per heavy atom. The van der Waals surface area contributed by atoms with E-state index < -0.39 is 25.8 Å². The van der Waals surface area contributed by atoms with Crippen LogP contribution in [0.5, 0.6) is 0 Å². The molecule has 16 heteroatoms. The summed E-state index contributed by atoms with van der Waals surface area (Å²) in [6.45, 7) is 1.08. The Hall–Kier alpha value is -6.29. The maximum absolute atomic E-state index is 12.6. The molecule has 0 aliphatic rings. The van der Waals surface area contributed by atoms with Gasteiger partial charge >= 0.3 is 20.2 Å². The van der Waals surface area contributed by atoms with E-state index >= 15 is 0 Å².